The maximum atomic E-state index is 12.0. The molecule has 138 valence electrons. The second-order valence-corrected chi connectivity index (χ2v) is 5.90. The van der Waals surface area contributed by atoms with Crippen molar-refractivity contribution in [2.24, 2.45) is 0 Å². The molecule has 2 aromatic carbocycles. The summed E-state index contributed by atoms with van der Waals surface area (Å²) in [4.78, 5) is 23.9. The molecule has 0 spiro atoms. The van der Waals surface area contributed by atoms with Crippen LogP contribution >= 0.6 is 11.6 Å². The molecule has 2 aromatic rings. The molecule has 1 unspecified atom stereocenters. The van der Waals surface area contributed by atoms with Crippen LogP contribution in [0.5, 0.6) is 5.75 Å². The number of carbonyl (C=O) groups excluding carboxylic acids is 2. The maximum absolute atomic E-state index is 12.0. The van der Waals surface area contributed by atoms with Crippen molar-refractivity contribution < 1.29 is 19.1 Å². The first kappa shape index (κ1) is 19.8. The molecule has 2 rings (SSSR count). The molecule has 0 bridgehead atoms. The zero-order chi connectivity index (χ0) is 18.9. The van der Waals surface area contributed by atoms with Crippen molar-refractivity contribution in [2.75, 3.05) is 20.8 Å². The van der Waals surface area contributed by atoms with E-state index in [2.05, 4.69) is 10.6 Å². The van der Waals surface area contributed by atoms with Crippen molar-refractivity contribution in [3.63, 3.8) is 0 Å². The SMILES string of the molecule is COc1cccc(CNC(=O)C(=O)NCC(OC)c2ccccc2Cl)c1. The summed E-state index contributed by atoms with van der Waals surface area (Å²) in [7, 11) is 3.08. The first-order chi connectivity index (χ1) is 12.5. The van der Waals surface area contributed by atoms with Gasteiger partial charge in [-0.1, -0.05) is 41.9 Å². The number of hydrogen-bond acceptors (Lipinski definition) is 4. The zero-order valence-corrected chi connectivity index (χ0v) is 15.4. The Hall–Kier alpha value is -2.57. The zero-order valence-electron chi connectivity index (χ0n) is 14.6. The highest BCUT2D eigenvalue weighted by molar-refractivity contribution is 6.35. The molecular weight excluding hydrogens is 356 g/mol. The quantitative estimate of drug-likeness (QED) is 0.728. The van der Waals surface area contributed by atoms with E-state index in [0.29, 0.717) is 10.8 Å². The molecule has 2 amide bonds. The summed E-state index contributed by atoms with van der Waals surface area (Å²) in [5.41, 5.74) is 1.57. The van der Waals surface area contributed by atoms with Crippen LogP contribution in [-0.4, -0.2) is 32.6 Å². The van der Waals surface area contributed by atoms with Crippen LogP contribution in [0.4, 0.5) is 0 Å². The molecule has 6 nitrogen and oxygen atoms in total. The fourth-order valence-electron chi connectivity index (χ4n) is 2.37. The van der Waals surface area contributed by atoms with Crippen LogP contribution in [0, 0.1) is 0 Å². The Bertz CT molecular complexity index is 767. The third-order valence-electron chi connectivity index (χ3n) is 3.78. The van der Waals surface area contributed by atoms with Gasteiger partial charge in [0.25, 0.3) is 0 Å². The molecule has 0 saturated carbocycles. The van der Waals surface area contributed by atoms with Gasteiger partial charge in [-0.2, -0.15) is 0 Å². The molecule has 26 heavy (non-hydrogen) atoms. The monoisotopic (exact) mass is 376 g/mol. The summed E-state index contributed by atoms with van der Waals surface area (Å²) in [6.07, 6.45) is -0.446. The molecule has 1 atom stereocenters. The van der Waals surface area contributed by atoms with Crippen LogP contribution in [-0.2, 0) is 20.9 Å². The molecule has 0 aliphatic carbocycles. The molecule has 0 aliphatic rings. The van der Waals surface area contributed by atoms with Crippen LogP contribution in [0.1, 0.15) is 17.2 Å². The van der Waals surface area contributed by atoms with Gasteiger partial charge in [-0.05, 0) is 23.8 Å². The lowest BCUT2D eigenvalue weighted by Crippen LogP contribution is -2.41. The number of amides is 2. The number of ether oxygens (including phenoxy) is 2. The van der Waals surface area contributed by atoms with Gasteiger partial charge in [0.15, 0.2) is 0 Å². The Kier molecular flexibility index (Phi) is 7.44. The first-order valence-corrected chi connectivity index (χ1v) is 8.39. The number of hydrogen-bond donors (Lipinski definition) is 2. The standard InChI is InChI=1S/C19H21ClN2O4/c1-25-14-7-5-6-13(10-14)11-21-18(23)19(24)22-12-17(26-2)15-8-3-4-9-16(15)20/h3-10,17H,11-12H2,1-2H3,(H,21,23)(H,22,24). The second kappa shape index (κ2) is 9.79. The summed E-state index contributed by atoms with van der Waals surface area (Å²) in [6, 6.07) is 14.4. The largest absolute Gasteiger partial charge is 0.497 e. The van der Waals surface area contributed by atoms with E-state index in [4.69, 9.17) is 21.1 Å². The van der Waals surface area contributed by atoms with Gasteiger partial charge in [0.05, 0.1) is 7.11 Å². The summed E-state index contributed by atoms with van der Waals surface area (Å²) < 4.78 is 10.5. The molecule has 0 heterocycles. The molecule has 0 saturated heterocycles. The Morgan fingerprint density at radius 2 is 1.77 bits per heavy atom. The maximum Gasteiger partial charge on any atom is 0.309 e. The van der Waals surface area contributed by atoms with Gasteiger partial charge in [-0.3, -0.25) is 9.59 Å². The summed E-state index contributed by atoms with van der Waals surface area (Å²) >= 11 is 6.14. The van der Waals surface area contributed by atoms with Crippen molar-refractivity contribution in [3.05, 3.63) is 64.7 Å². The minimum atomic E-state index is -0.734. The van der Waals surface area contributed by atoms with Gasteiger partial charge < -0.3 is 20.1 Å². The Morgan fingerprint density at radius 3 is 2.46 bits per heavy atom. The lowest BCUT2D eigenvalue weighted by atomic mass is 10.1. The Morgan fingerprint density at radius 1 is 1.04 bits per heavy atom. The van der Waals surface area contributed by atoms with E-state index in [1.807, 2.05) is 30.3 Å². The predicted octanol–water partition coefficient (Wildman–Crippen LogP) is 2.47. The number of carbonyl (C=O) groups is 2. The van der Waals surface area contributed by atoms with E-state index < -0.39 is 17.9 Å². The minimum Gasteiger partial charge on any atom is -0.497 e. The Balaban J connectivity index is 1.86. The van der Waals surface area contributed by atoms with Crippen LogP contribution in [0.25, 0.3) is 0 Å². The lowest BCUT2D eigenvalue weighted by Gasteiger charge is -2.17. The van der Waals surface area contributed by atoms with E-state index in [1.165, 1.54) is 7.11 Å². The fourth-order valence-corrected chi connectivity index (χ4v) is 2.62. The molecule has 0 radical (unpaired) electrons. The lowest BCUT2D eigenvalue weighted by molar-refractivity contribution is -0.139. The van der Waals surface area contributed by atoms with Gasteiger partial charge in [-0.15, -0.1) is 0 Å². The highest BCUT2D eigenvalue weighted by atomic mass is 35.5. The average Bonchev–Trinajstić information content (AvgIpc) is 2.67. The molecule has 0 aliphatic heterocycles. The molecular formula is C19H21ClN2O4. The van der Waals surface area contributed by atoms with Crippen molar-refractivity contribution in [1.82, 2.24) is 10.6 Å². The average molecular weight is 377 g/mol. The normalized spacial score (nSPS) is 11.5. The van der Waals surface area contributed by atoms with Gasteiger partial charge in [0.2, 0.25) is 0 Å². The summed E-state index contributed by atoms with van der Waals surface area (Å²) in [6.45, 7) is 0.354. The third kappa shape index (κ3) is 5.47. The molecule has 0 aromatic heterocycles. The van der Waals surface area contributed by atoms with Crippen LogP contribution in [0.15, 0.2) is 48.5 Å². The number of rotatable bonds is 7. The van der Waals surface area contributed by atoms with Crippen molar-refractivity contribution in [3.8, 4) is 5.75 Å². The van der Waals surface area contributed by atoms with Gasteiger partial charge in [-0.25, -0.2) is 0 Å². The topological polar surface area (TPSA) is 76.7 Å². The van der Waals surface area contributed by atoms with E-state index in [0.717, 1.165) is 11.1 Å². The van der Waals surface area contributed by atoms with E-state index in [9.17, 15) is 9.59 Å². The van der Waals surface area contributed by atoms with Crippen LogP contribution < -0.4 is 15.4 Å². The third-order valence-corrected chi connectivity index (χ3v) is 4.12. The van der Waals surface area contributed by atoms with Crippen LogP contribution in [0.3, 0.4) is 0 Å². The number of benzene rings is 2. The Labute approximate surface area is 157 Å². The van der Waals surface area contributed by atoms with E-state index in [-0.39, 0.29) is 13.1 Å². The smallest absolute Gasteiger partial charge is 0.309 e. The summed E-state index contributed by atoms with van der Waals surface area (Å²) in [5, 5.41) is 5.67. The summed E-state index contributed by atoms with van der Waals surface area (Å²) in [5.74, 6) is -0.771. The number of methoxy groups -OCH3 is 2. The van der Waals surface area contributed by atoms with Gasteiger partial charge in [0, 0.05) is 30.8 Å². The molecule has 2 N–H and O–H groups in total. The van der Waals surface area contributed by atoms with Gasteiger partial charge in [0.1, 0.15) is 11.9 Å². The van der Waals surface area contributed by atoms with E-state index in [1.54, 1.807) is 25.3 Å². The number of halogens is 1. The highest BCUT2D eigenvalue weighted by Crippen LogP contribution is 2.24. The fraction of sp³-hybridized carbons (Fsp3) is 0.263. The highest BCUT2D eigenvalue weighted by Gasteiger charge is 2.18. The predicted molar refractivity (Wildman–Crippen MR) is 99.1 cm³/mol. The molecule has 0 fully saturated rings. The first-order valence-electron chi connectivity index (χ1n) is 8.01. The number of nitrogens with one attached hydrogen (secondary N) is 2. The van der Waals surface area contributed by atoms with Crippen molar-refractivity contribution in [1.29, 1.82) is 0 Å². The van der Waals surface area contributed by atoms with Gasteiger partial charge >= 0.3 is 11.8 Å². The second-order valence-electron chi connectivity index (χ2n) is 5.49. The minimum absolute atomic E-state index is 0.131. The van der Waals surface area contributed by atoms with Crippen molar-refractivity contribution in [2.45, 2.75) is 12.6 Å². The van der Waals surface area contributed by atoms with Crippen LogP contribution in [0.2, 0.25) is 5.02 Å². The van der Waals surface area contributed by atoms with E-state index >= 15 is 0 Å². The molecule has 7 heteroatoms. The van der Waals surface area contributed by atoms with Crippen molar-refractivity contribution >= 4 is 23.4 Å².